The normalized spacial score (nSPS) is 12.1. The highest BCUT2D eigenvalue weighted by molar-refractivity contribution is 7.80. The summed E-state index contributed by atoms with van der Waals surface area (Å²) in [6.45, 7) is 0. The van der Waals surface area contributed by atoms with Crippen LogP contribution in [0.4, 0.5) is 5.95 Å². The standard InChI is InChI=1S/C11H12N4OS/c1-16-9-6-8(14-11(12)15-9)10(17)7-4-2-3-5-13-7/h2-6,10,17H,1H3,(H2,12,14,15). The molecule has 6 heteroatoms. The average molecular weight is 248 g/mol. The third-order valence-corrected chi connectivity index (χ3v) is 2.73. The Labute approximate surface area is 104 Å². The molecule has 0 amide bonds. The van der Waals surface area contributed by atoms with Gasteiger partial charge in [0.15, 0.2) is 0 Å². The van der Waals surface area contributed by atoms with Crippen LogP contribution in [0, 0.1) is 0 Å². The molecule has 0 radical (unpaired) electrons. The van der Waals surface area contributed by atoms with E-state index in [4.69, 9.17) is 10.5 Å². The van der Waals surface area contributed by atoms with Crippen LogP contribution in [-0.4, -0.2) is 22.1 Å². The van der Waals surface area contributed by atoms with Crippen molar-refractivity contribution in [1.82, 2.24) is 15.0 Å². The monoisotopic (exact) mass is 248 g/mol. The summed E-state index contributed by atoms with van der Waals surface area (Å²) < 4.78 is 5.04. The molecule has 0 spiro atoms. The number of hydrogen-bond acceptors (Lipinski definition) is 6. The molecule has 0 saturated carbocycles. The van der Waals surface area contributed by atoms with Crippen molar-refractivity contribution < 1.29 is 4.74 Å². The Bertz CT molecular complexity index is 506. The first-order valence-electron chi connectivity index (χ1n) is 4.98. The van der Waals surface area contributed by atoms with E-state index in [-0.39, 0.29) is 11.2 Å². The van der Waals surface area contributed by atoms with Crippen LogP contribution in [-0.2, 0) is 0 Å². The van der Waals surface area contributed by atoms with Crippen LogP contribution in [0.15, 0.2) is 30.5 Å². The van der Waals surface area contributed by atoms with E-state index >= 15 is 0 Å². The van der Waals surface area contributed by atoms with Gasteiger partial charge in [-0.05, 0) is 12.1 Å². The Balaban J connectivity index is 2.37. The summed E-state index contributed by atoms with van der Waals surface area (Å²) in [7, 11) is 1.53. The highest BCUT2D eigenvalue weighted by Gasteiger charge is 2.14. The maximum Gasteiger partial charge on any atom is 0.223 e. The van der Waals surface area contributed by atoms with Crippen molar-refractivity contribution in [3.63, 3.8) is 0 Å². The van der Waals surface area contributed by atoms with Gasteiger partial charge in [-0.2, -0.15) is 17.6 Å². The molecule has 0 saturated heterocycles. The predicted molar refractivity (Wildman–Crippen MR) is 68.1 cm³/mol. The highest BCUT2D eigenvalue weighted by Crippen LogP contribution is 2.27. The quantitative estimate of drug-likeness (QED) is 0.805. The van der Waals surface area contributed by atoms with Crippen LogP contribution < -0.4 is 10.5 Å². The van der Waals surface area contributed by atoms with Crippen LogP contribution >= 0.6 is 12.6 Å². The first-order valence-corrected chi connectivity index (χ1v) is 5.50. The van der Waals surface area contributed by atoms with Gasteiger partial charge >= 0.3 is 0 Å². The van der Waals surface area contributed by atoms with Crippen LogP contribution in [0.3, 0.4) is 0 Å². The molecule has 0 aliphatic heterocycles. The van der Waals surface area contributed by atoms with Crippen LogP contribution in [0.25, 0.3) is 0 Å². The van der Waals surface area contributed by atoms with Gasteiger partial charge in [-0.15, -0.1) is 0 Å². The maximum absolute atomic E-state index is 5.59. The van der Waals surface area contributed by atoms with E-state index in [2.05, 4.69) is 27.6 Å². The van der Waals surface area contributed by atoms with E-state index in [1.165, 1.54) is 7.11 Å². The minimum atomic E-state index is -0.254. The van der Waals surface area contributed by atoms with Crippen molar-refractivity contribution in [2.24, 2.45) is 0 Å². The average Bonchev–Trinajstić information content (AvgIpc) is 2.38. The fourth-order valence-corrected chi connectivity index (χ4v) is 1.68. The summed E-state index contributed by atoms with van der Waals surface area (Å²) in [5, 5.41) is -0.254. The number of methoxy groups -OCH3 is 1. The van der Waals surface area contributed by atoms with Crippen molar-refractivity contribution >= 4 is 18.6 Å². The van der Waals surface area contributed by atoms with E-state index in [9.17, 15) is 0 Å². The number of rotatable bonds is 3. The second-order valence-corrected chi connectivity index (χ2v) is 3.87. The van der Waals surface area contributed by atoms with Crippen LogP contribution in [0.2, 0.25) is 0 Å². The first-order chi connectivity index (χ1) is 8.20. The van der Waals surface area contributed by atoms with E-state index in [0.29, 0.717) is 11.6 Å². The lowest BCUT2D eigenvalue weighted by molar-refractivity contribution is 0.397. The molecule has 0 aliphatic rings. The molecule has 88 valence electrons. The lowest BCUT2D eigenvalue weighted by Crippen LogP contribution is -2.05. The Morgan fingerprint density at radius 3 is 2.76 bits per heavy atom. The number of anilines is 1. The number of nitrogens with two attached hydrogens (primary N) is 1. The van der Waals surface area contributed by atoms with Gasteiger partial charge in [-0.3, -0.25) is 4.98 Å². The fraction of sp³-hybridized carbons (Fsp3) is 0.182. The number of nitrogen functional groups attached to an aromatic ring is 1. The fourth-order valence-electron chi connectivity index (χ4n) is 1.40. The second-order valence-electron chi connectivity index (χ2n) is 3.35. The molecule has 0 bridgehead atoms. The van der Waals surface area contributed by atoms with Gasteiger partial charge in [0.2, 0.25) is 11.8 Å². The molecular weight excluding hydrogens is 236 g/mol. The molecule has 1 unspecified atom stereocenters. The topological polar surface area (TPSA) is 73.9 Å². The van der Waals surface area contributed by atoms with Gasteiger partial charge in [-0.25, -0.2) is 4.98 Å². The minimum absolute atomic E-state index is 0.161. The smallest absolute Gasteiger partial charge is 0.223 e. The Kier molecular flexibility index (Phi) is 3.43. The van der Waals surface area contributed by atoms with Crippen molar-refractivity contribution in [2.75, 3.05) is 12.8 Å². The second kappa shape index (κ2) is 5.01. The molecule has 0 fully saturated rings. The lowest BCUT2D eigenvalue weighted by atomic mass is 10.2. The van der Waals surface area contributed by atoms with Crippen molar-refractivity contribution in [1.29, 1.82) is 0 Å². The SMILES string of the molecule is COc1cc(C(S)c2ccccn2)nc(N)n1. The molecule has 0 aliphatic carbocycles. The van der Waals surface area contributed by atoms with Gasteiger partial charge in [0, 0.05) is 12.3 Å². The molecule has 1 atom stereocenters. The number of hydrogen-bond donors (Lipinski definition) is 2. The number of pyridine rings is 1. The summed E-state index contributed by atoms with van der Waals surface area (Å²) in [6.07, 6.45) is 1.71. The molecule has 2 heterocycles. The Hall–Kier alpha value is -1.82. The molecule has 5 nitrogen and oxygen atoms in total. The van der Waals surface area contributed by atoms with Gasteiger partial charge in [0.25, 0.3) is 0 Å². The number of aromatic nitrogens is 3. The van der Waals surface area contributed by atoms with Crippen LogP contribution in [0.5, 0.6) is 5.88 Å². The van der Waals surface area contributed by atoms with E-state index in [0.717, 1.165) is 5.69 Å². The van der Waals surface area contributed by atoms with Gasteiger partial charge < -0.3 is 10.5 Å². The number of nitrogens with zero attached hydrogens (tertiary/aromatic N) is 3. The van der Waals surface area contributed by atoms with Crippen molar-refractivity contribution in [3.8, 4) is 5.88 Å². The van der Waals surface area contributed by atoms with Gasteiger partial charge in [-0.1, -0.05) is 6.07 Å². The molecule has 2 aromatic rings. The van der Waals surface area contributed by atoms with Crippen molar-refractivity contribution in [2.45, 2.75) is 5.25 Å². The zero-order valence-electron chi connectivity index (χ0n) is 9.24. The summed E-state index contributed by atoms with van der Waals surface area (Å²) in [5.41, 5.74) is 7.06. The number of thiol groups is 1. The lowest BCUT2D eigenvalue weighted by Gasteiger charge is -2.10. The summed E-state index contributed by atoms with van der Waals surface area (Å²) in [4.78, 5) is 12.3. The Morgan fingerprint density at radius 2 is 2.12 bits per heavy atom. The highest BCUT2D eigenvalue weighted by atomic mass is 32.1. The largest absolute Gasteiger partial charge is 0.481 e. The van der Waals surface area contributed by atoms with E-state index in [1.807, 2.05) is 18.2 Å². The van der Waals surface area contributed by atoms with Gasteiger partial charge in [0.05, 0.1) is 23.7 Å². The first kappa shape index (κ1) is 11.7. The summed E-state index contributed by atoms with van der Waals surface area (Å²) in [5.74, 6) is 0.580. The third kappa shape index (κ3) is 2.65. The molecule has 2 aromatic heterocycles. The van der Waals surface area contributed by atoms with Crippen molar-refractivity contribution in [3.05, 3.63) is 41.9 Å². The molecule has 0 aromatic carbocycles. The molecule has 17 heavy (non-hydrogen) atoms. The molecule has 2 rings (SSSR count). The predicted octanol–water partition coefficient (Wildman–Crippen LogP) is 1.48. The minimum Gasteiger partial charge on any atom is -0.481 e. The zero-order valence-corrected chi connectivity index (χ0v) is 10.1. The van der Waals surface area contributed by atoms with Crippen LogP contribution in [0.1, 0.15) is 16.6 Å². The molecule has 2 N–H and O–H groups in total. The van der Waals surface area contributed by atoms with Gasteiger partial charge in [0.1, 0.15) is 0 Å². The summed E-state index contributed by atoms with van der Waals surface area (Å²) >= 11 is 4.48. The number of ether oxygens (including phenoxy) is 1. The Morgan fingerprint density at radius 1 is 1.29 bits per heavy atom. The zero-order chi connectivity index (χ0) is 12.3. The third-order valence-electron chi connectivity index (χ3n) is 2.20. The molecular formula is C11H12N4OS. The van der Waals surface area contributed by atoms with E-state index in [1.54, 1.807) is 12.3 Å². The summed E-state index contributed by atoms with van der Waals surface area (Å²) in [6, 6.07) is 7.32. The maximum atomic E-state index is 5.59. The van der Waals surface area contributed by atoms with E-state index < -0.39 is 0 Å².